The van der Waals surface area contributed by atoms with Crippen molar-refractivity contribution in [3.8, 4) is 22.8 Å². The number of hydrogen-bond acceptors (Lipinski definition) is 10. The Labute approximate surface area is 523 Å². The highest BCUT2D eigenvalue weighted by Gasteiger charge is 2.48. The highest BCUT2D eigenvalue weighted by molar-refractivity contribution is 6.05. The molecule has 6 heterocycles. The number of unbranched alkanes of at least 4 members (excludes halogenated alkanes) is 3. The number of allylic oxidation sites excluding steroid dienone is 10. The molecular formula is C74H74N16. The van der Waals surface area contributed by atoms with Crippen molar-refractivity contribution in [3.63, 3.8) is 0 Å². The number of benzene rings is 6. The van der Waals surface area contributed by atoms with Gasteiger partial charge in [0.15, 0.2) is 11.6 Å². The van der Waals surface area contributed by atoms with Crippen molar-refractivity contribution < 1.29 is 0 Å². The van der Waals surface area contributed by atoms with Gasteiger partial charge in [0, 0.05) is 49.6 Å². The largest absolute Gasteiger partial charge is 0.327 e. The van der Waals surface area contributed by atoms with Crippen LogP contribution in [0, 0.1) is 19.3 Å². The predicted octanol–water partition coefficient (Wildman–Crippen LogP) is 15.5. The van der Waals surface area contributed by atoms with E-state index in [2.05, 4.69) is 248 Å². The van der Waals surface area contributed by atoms with Crippen molar-refractivity contribution in [2.75, 3.05) is 0 Å². The van der Waals surface area contributed by atoms with E-state index in [1.165, 1.54) is 31.2 Å². The lowest BCUT2D eigenvalue weighted by Crippen LogP contribution is -2.37. The summed E-state index contributed by atoms with van der Waals surface area (Å²) >= 11 is 0. The third-order valence-electron chi connectivity index (χ3n) is 19.1. The molecule has 90 heavy (non-hydrogen) atoms. The minimum Gasteiger partial charge on any atom is -0.327 e. The Kier molecular flexibility index (Phi) is 14.8. The van der Waals surface area contributed by atoms with Crippen LogP contribution in [0.5, 0.6) is 0 Å². The van der Waals surface area contributed by atoms with Crippen LogP contribution < -0.4 is 0 Å². The van der Waals surface area contributed by atoms with Gasteiger partial charge in [0.2, 0.25) is 0 Å². The molecule has 16 heteroatoms. The zero-order chi connectivity index (χ0) is 60.9. The number of aromatic amines is 2. The van der Waals surface area contributed by atoms with E-state index in [9.17, 15) is 0 Å². The second-order valence-corrected chi connectivity index (χ2v) is 24.9. The number of rotatable bonds is 20. The fourth-order valence-corrected chi connectivity index (χ4v) is 14.7. The van der Waals surface area contributed by atoms with Gasteiger partial charge in [0.25, 0.3) is 0 Å². The Bertz CT molecular complexity index is 4760. The summed E-state index contributed by atoms with van der Waals surface area (Å²) in [5, 5.41) is 32.7. The van der Waals surface area contributed by atoms with E-state index >= 15 is 0 Å². The van der Waals surface area contributed by atoms with Crippen LogP contribution >= 0.6 is 0 Å². The van der Waals surface area contributed by atoms with E-state index in [1.54, 1.807) is 0 Å². The molecule has 0 spiro atoms. The summed E-state index contributed by atoms with van der Waals surface area (Å²) in [7, 11) is 0. The van der Waals surface area contributed by atoms with E-state index in [-0.39, 0.29) is 0 Å². The number of hydrogen-bond donors (Lipinski definition) is 2. The molecule has 1 saturated carbocycles. The van der Waals surface area contributed by atoms with Crippen molar-refractivity contribution in [1.82, 2.24) is 79.5 Å². The highest BCUT2D eigenvalue weighted by Crippen LogP contribution is 2.55. The van der Waals surface area contributed by atoms with Gasteiger partial charge in [-0.2, -0.15) is 10.4 Å². The number of nitrogens with zero attached hydrogens (tertiary/aromatic N) is 14. The number of nitrogens with one attached hydrogen (secondary N) is 2. The normalized spacial score (nSPS) is 17.5. The van der Waals surface area contributed by atoms with Crippen molar-refractivity contribution in [3.05, 3.63) is 227 Å². The summed E-state index contributed by atoms with van der Waals surface area (Å²) in [6.45, 7) is 13.2. The maximum absolute atomic E-state index is 5.71. The molecule has 12 aromatic rings. The number of imidazole rings is 4. The molecule has 0 bridgehead atoms. The molecule has 6 aromatic carbocycles. The highest BCUT2D eigenvalue weighted by atomic mass is 15.5. The zero-order valence-corrected chi connectivity index (χ0v) is 51.9. The molecule has 450 valence electrons. The minimum atomic E-state index is -1.20. The molecule has 0 saturated heterocycles. The maximum Gasteiger partial charge on any atom is 0.196 e. The molecule has 1 atom stereocenters. The third-order valence-corrected chi connectivity index (χ3v) is 19.1. The van der Waals surface area contributed by atoms with Gasteiger partial charge in [0.05, 0.1) is 49.5 Å². The fraction of sp³-hybridized carbons (Fsp3) is 0.297. The molecule has 16 nitrogen and oxygen atoms in total. The Morgan fingerprint density at radius 1 is 0.522 bits per heavy atom. The first kappa shape index (κ1) is 56.5. The van der Waals surface area contributed by atoms with Crippen LogP contribution in [-0.2, 0) is 37.9 Å². The first-order valence-electron chi connectivity index (χ1n) is 32.3. The Balaban J connectivity index is 1.03. The van der Waals surface area contributed by atoms with Crippen molar-refractivity contribution >= 4 is 55.3 Å². The van der Waals surface area contributed by atoms with Gasteiger partial charge in [-0.3, -0.25) is 0 Å². The van der Waals surface area contributed by atoms with Crippen LogP contribution in [0.3, 0.4) is 0 Å². The Morgan fingerprint density at radius 2 is 1.10 bits per heavy atom. The summed E-state index contributed by atoms with van der Waals surface area (Å²) < 4.78 is 10.1. The molecule has 0 amide bonds. The number of tetrazole rings is 2. The molecule has 1 unspecified atom stereocenters. The number of aryl methyl sites for hydroxylation is 5. The second-order valence-electron chi connectivity index (χ2n) is 24.9. The minimum absolute atomic E-state index is 0.391. The number of aromatic nitrogens is 16. The quantitative estimate of drug-likeness (QED) is 0.0697. The number of H-pyrrole nitrogens is 2. The Hall–Kier alpha value is -9.96. The van der Waals surface area contributed by atoms with E-state index < -0.39 is 10.8 Å². The van der Waals surface area contributed by atoms with Crippen LogP contribution in [0.15, 0.2) is 181 Å². The summed E-state index contributed by atoms with van der Waals surface area (Å²) in [5.41, 5.74) is 17.1. The standard InChI is InChI=1S/C74H74N16/c1-6-9-10-23-41-87-59-36-19-17-34-57(59)75-69(87)52-42-48(4)67-61(44-52)88(63(77-67)25-7-2)46-73(47-89-62-45-53(43-49(5)68(62)78-64(89)26-8-3)70-76-58-35-18-20-37-60(58)90(70)54-31-24-32-54)40-38-55(65(50-27-13-11-14-28-50)66(73)51-29-15-12-16-30-51)56-33-21-22-39-74(56,71-79-83-84-80-71)72-81-85-86-82-72/h11-22,27-30,33-40,42-45,54H,6-10,23-26,31-32,41,46-47H2,1-5H3,(H,79,80,83,84)(H,81,82,85,86). The fourth-order valence-electron chi connectivity index (χ4n) is 14.7. The molecule has 3 aliphatic carbocycles. The SMILES string of the molecule is CCCCCCn1c(-c2cc(C)c3nc(CCC)n(CC4(Cn5c(CCC)nc6c(C)cc(-c7nc8ccccc8n7C7CCC7)cc65)C=CC(=C5C=CC=CC5(c5nn[nH]n5)c5nn[nH]n5)C(c5ccccc5)=C4c4ccccc4)c3c2)nc2ccccc21. The molecule has 6 aromatic heterocycles. The average Bonchev–Trinajstić information content (AvgIpc) is 1.06. The summed E-state index contributed by atoms with van der Waals surface area (Å²) in [6.07, 6.45) is 24.6. The lowest BCUT2D eigenvalue weighted by molar-refractivity contribution is 0.323. The van der Waals surface area contributed by atoms with Gasteiger partial charge in [-0.05, 0) is 145 Å². The van der Waals surface area contributed by atoms with E-state index in [1.807, 2.05) is 6.08 Å². The van der Waals surface area contributed by atoms with Crippen LogP contribution in [0.4, 0.5) is 0 Å². The lowest BCUT2D eigenvalue weighted by Gasteiger charge is -2.42. The van der Waals surface area contributed by atoms with E-state index in [0.717, 1.165) is 169 Å². The topological polar surface area (TPSA) is 180 Å². The van der Waals surface area contributed by atoms with Crippen LogP contribution in [0.2, 0.25) is 0 Å². The molecule has 1 fully saturated rings. The van der Waals surface area contributed by atoms with E-state index in [4.69, 9.17) is 30.1 Å². The second kappa shape index (κ2) is 23.5. The first-order valence-corrected chi connectivity index (χ1v) is 32.3. The molecule has 0 radical (unpaired) electrons. The van der Waals surface area contributed by atoms with Gasteiger partial charge in [-0.1, -0.05) is 172 Å². The molecular weight excluding hydrogens is 1110 g/mol. The van der Waals surface area contributed by atoms with Crippen LogP contribution in [0.25, 0.3) is 78.1 Å². The zero-order valence-electron chi connectivity index (χ0n) is 51.9. The average molecular weight is 1190 g/mol. The lowest BCUT2D eigenvalue weighted by atomic mass is 9.64. The van der Waals surface area contributed by atoms with Crippen molar-refractivity contribution in [1.29, 1.82) is 0 Å². The third kappa shape index (κ3) is 9.57. The monoisotopic (exact) mass is 1190 g/mol. The van der Waals surface area contributed by atoms with Gasteiger partial charge < -0.3 is 18.3 Å². The van der Waals surface area contributed by atoms with Gasteiger partial charge in [-0.25, -0.2) is 19.9 Å². The number of para-hydroxylation sites is 4. The molecule has 3 aliphatic rings. The predicted molar refractivity (Wildman–Crippen MR) is 357 cm³/mol. The summed E-state index contributed by atoms with van der Waals surface area (Å²) in [5.74, 6) is 4.86. The van der Waals surface area contributed by atoms with Crippen LogP contribution in [-0.4, -0.2) is 79.5 Å². The molecule has 2 N–H and O–H groups in total. The molecule has 0 aliphatic heterocycles. The maximum atomic E-state index is 5.71. The van der Waals surface area contributed by atoms with Gasteiger partial charge in [-0.15, -0.1) is 20.4 Å². The smallest absolute Gasteiger partial charge is 0.196 e. The van der Waals surface area contributed by atoms with E-state index in [0.29, 0.717) is 30.8 Å². The first-order chi connectivity index (χ1) is 44.3. The number of fused-ring (bicyclic) bond motifs is 4. The van der Waals surface area contributed by atoms with Crippen LogP contribution in [0.1, 0.15) is 130 Å². The molecule has 15 rings (SSSR count). The van der Waals surface area contributed by atoms with Gasteiger partial charge in [0.1, 0.15) is 28.7 Å². The van der Waals surface area contributed by atoms with Crippen molar-refractivity contribution in [2.24, 2.45) is 5.41 Å². The summed E-state index contributed by atoms with van der Waals surface area (Å²) in [4.78, 5) is 22.3. The summed E-state index contributed by atoms with van der Waals surface area (Å²) in [6, 6.07) is 49.0. The Morgan fingerprint density at radius 3 is 1.69 bits per heavy atom. The van der Waals surface area contributed by atoms with Gasteiger partial charge >= 0.3 is 0 Å². The van der Waals surface area contributed by atoms with Crippen molar-refractivity contribution in [2.45, 2.75) is 136 Å².